The minimum Gasteiger partial charge on any atom is -0.267 e. The van der Waals surface area contributed by atoms with Crippen molar-refractivity contribution in [2.75, 3.05) is 0 Å². The van der Waals surface area contributed by atoms with Gasteiger partial charge in [0.25, 0.3) is 11.2 Å². The Hall–Kier alpha value is -3.06. The van der Waals surface area contributed by atoms with Gasteiger partial charge in [-0.2, -0.15) is 0 Å². The highest BCUT2D eigenvalue weighted by atomic mass is 32.1. The van der Waals surface area contributed by atoms with E-state index < -0.39 is 4.92 Å². The number of nitrogens with zero attached hydrogens (tertiary/aromatic N) is 3. The third-order valence-electron chi connectivity index (χ3n) is 4.06. The van der Waals surface area contributed by atoms with E-state index in [1.807, 2.05) is 26.0 Å². The van der Waals surface area contributed by atoms with Gasteiger partial charge in [-0.1, -0.05) is 29.5 Å². The van der Waals surface area contributed by atoms with Gasteiger partial charge in [0.2, 0.25) is 0 Å². The lowest BCUT2D eigenvalue weighted by molar-refractivity contribution is -0.384. The maximum Gasteiger partial charge on any atom is 0.274 e. The van der Waals surface area contributed by atoms with Gasteiger partial charge in [0.1, 0.15) is 0 Å². The Kier molecular flexibility index (Phi) is 3.40. The summed E-state index contributed by atoms with van der Waals surface area (Å²) in [6.45, 7) is 3.96. The first-order valence-electron chi connectivity index (χ1n) is 7.62. The number of nitro benzene ring substituents is 1. The molecule has 4 rings (SSSR count). The molecule has 0 N–H and O–H groups in total. The number of rotatable bonds is 2. The highest BCUT2D eigenvalue weighted by Crippen LogP contribution is 2.21. The van der Waals surface area contributed by atoms with Crippen LogP contribution in [0.25, 0.3) is 22.1 Å². The predicted molar refractivity (Wildman–Crippen MR) is 98.2 cm³/mol. The summed E-state index contributed by atoms with van der Waals surface area (Å²) >= 11 is 1.29. The van der Waals surface area contributed by atoms with Crippen molar-refractivity contribution in [2.24, 2.45) is 0 Å². The second-order valence-electron chi connectivity index (χ2n) is 5.95. The first kappa shape index (κ1) is 15.5. The molecular weight excluding hydrogens is 338 g/mol. The van der Waals surface area contributed by atoms with Crippen LogP contribution >= 0.6 is 11.3 Å². The van der Waals surface area contributed by atoms with Crippen molar-refractivity contribution in [3.8, 4) is 0 Å². The zero-order valence-electron chi connectivity index (χ0n) is 13.5. The van der Waals surface area contributed by atoms with Gasteiger partial charge in [0.05, 0.1) is 20.5 Å². The normalized spacial score (nSPS) is 12.3. The maximum absolute atomic E-state index is 12.8. The predicted octanol–water partition coefficient (Wildman–Crippen LogP) is 2.98. The molecule has 0 unspecified atom stereocenters. The highest BCUT2D eigenvalue weighted by Gasteiger charge is 2.13. The minimum atomic E-state index is -0.449. The maximum atomic E-state index is 12.8. The molecule has 0 radical (unpaired) electrons. The summed E-state index contributed by atoms with van der Waals surface area (Å²) in [5.41, 5.74) is 4.20. The van der Waals surface area contributed by atoms with E-state index >= 15 is 0 Å². The van der Waals surface area contributed by atoms with Crippen LogP contribution < -0.4 is 10.1 Å². The minimum absolute atomic E-state index is 0.000711. The highest BCUT2D eigenvalue weighted by molar-refractivity contribution is 7.15. The van der Waals surface area contributed by atoms with E-state index in [4.69, 9.17) is 0 Å². The number of nitro groups is 1. The molecule has 7 heteroatoms. The number of thiazole rings is 1. The Balaban J connectivity index is 1.98. The van der Waals surface area contributed by atoms with Crippen LogP contribution in [0.15, 0.2) is 41.2 Å². The molecule has 6 nitrogen and oxygen atoms in total. The smallest absolute Gasteiger partial charge is 0.267 e. The van der Waals surface area contributed by atoms with E-state index in [2.05, 4.69) is 4.98 Å². The molecule has 124 valence electrons. The number of hydrogen-bond donors (Lipinski definition) is 0. The van der Waals surface area contributed by atoms with Gasteiger partial charge in [0.15, 0.2) is 4.96 Å². The fourth-order valence-corrected chi connectivity index (χ4v) is 3.97. The van der Waals surface area contributed by atoms with Crippen LogP contribution in [0.2, 0.25) is 0 Å². The molecule has 0 saturated heterocycles. The summed E-state index contributed by atoms with van der Waals surface area (Å²) in [5.74, 6) is 0. The van der Waals surface area contributed by atoms with Gasteiger partial charge in [-0.15, -0.1) is 0 Å². The molecule has 0 aliphatic carbocycles. The van der Waals surface area contributed by atoms with Crippen LogP contribution in [0.4, 0.5) is 5.69 Å². The average Bonchev–Trinajstić information content (AvgIpc) is 3.06. The summed E-state index contributed by atoms with van der Waals surface area (Å²) in [5, 5.41) is 10.9. The number of aryl methyl sites for hydroxylation is 2. The summed E-state index contributed by atoms with van der Waals surface area (Å²) in [4.78, 5) is 28.5. The van der Waals surface area contributed by atoms with Gasteiger partial charge in [0, 0.05) is 12.1 Å². The van der Waals surface area contributed by atoms with Crippen LogP contribution in [0.5, 0.6) is 0 Å². The summed E-state index contributed by atoms with van der Waals surface area (Å²) in [6, 6.07) is 10.2. The second kappa shape index (κ2) is 5.49. The number of non-ortho nitro benzene ring substituents is 1. The lowest BCUT2D eigenvalue weighted by Crippen LogP contribution is -2.22. The largest absolute Gasteiger partial charge is 0.274 e. The molecule has 0 aliphatic rings. The average molecular weight is 351 g/mol. The van der Waals surface area contributed by atoms with Crippen molar-refractivity contribution < 1.29 is 4.92 Å². The molecule has 0 saturated carbocycles. The second-order valence-corrected chi connectivity index (χ2v) is 6.96. The monoisotopic (exact) mass is 351 g/mol. The van der Waals surface area contributed by atoms with Crippen LogP contribution in [-0.2, 0) is 0 Å². The Morgan fingerprint density at radius 2 is 2.04 bits per heavy atom. The van der Waals surface area contributed by atoms with E-state index in [1.165, 1.54) is 23.5 Å². The molecule has 0 bridgehead atoms. The molecule has 25 heavy (non-hydrogen) atoms. The van der Waals surface area contributed by atoms with Crippen molar-refractivity contribution >= 4 is 39.1 Å². The van der Waals surface area contributed by atoms with Crippen molar-refractivity contribution in [1.82, 2.24) is 9.38 Å². The molecule has 0 spiro atoms. The molecule has 0 amide bonds. The third-order valence-corrected chi connectivity index (χ3v) is 5.03. The zero-order chi connectivity index (χ0) is 17.7. The van der Waals surface area contributed by atoms with E-state index in [1.54, 1.807) is 22.6 Å². The number of fused-ring (bicyclic) bond motifs is 3. The van der Waals surface area contributed by atoms with Crippen LogP contribution in [0.1, 0.15) is 16.7 Å². The van der Waals surface area contributed by atoms with Gasteiger partial charge in [-0.3, -0.25) is 14.9 Å². The summed E-state index contributed by atoms with van der Waals surface area (Å²) in [7, 11) is 0. The van der Waals surface area contributed by atoms with E-state index in [0.717, 1.165) is 22.2 Å². The molecule has 0 atom stereocenters. The zero-order valence-corrected chi connectivity index (χ0v) is 14.3. The van der Waals surface area contributed by atoms with Crippen LogP contribution in [-0.4, -0.2) is 14.3 Å². The summed E-state index contributed by atoms with van der Waals surface area (Å²) in [6.07, 6.45) is 1.67. The fraction of sp³-hybridized carbons (Fsp3) is 0.111. The van der Waals surface area contributed by atoms with Gasteiger partial charge in [-0.05, 0) is 42.7 Å². The van der Waals surface area contributed by atoms with Gasteiger partial charge < -0.3 is 0 Å². The summed E-state index contributed by atoms with van der Waals surface area (Å²) < 4.78 is 2.12. The lowest BCUT2D eigenvalue weighted by atomic mass is 10.1. The molecule has 2 aromatic heterocycles. The number of hydrogen-bond acceptors (Lipinski definition) is 5. The molecular formula is C18H13N3O3S. The van der Waals surface area contributed by atoms with Crippen LogP contribution in [0, 0.1) is 24.0 Å². The molecule has 2 aromatic carbocycles. The third kappa shape index (κ3) is 2.49. The van der Waals surface area contributed by atoms with Gasteiger partial charge >= 0.3 is 0 Å². The van der Waals surface area contributed by atoms with Crippen molar-refractivity contribution in [1.29, 1.82) is 0 Å². The number of aromatic nitrogens is 2. The van der Waals surface area contributed by atoms with Crippen LogP contribution in [0.3, 0.4) is 0 Å². The Morgan fingerprint density at radius 1 is 1.24 bits per heavy atom. The lowest BCUT2D eigenvalue weighted by Gasteiger charge is -1.97. The first-order valence-corrected chi connectivity index (χ1v) is 8.44. The van der Waals surface area contributed by atoms with Crippen molar-refractivity contribution in [3.05, 3.63) is 78.1 Å². The molecule has 0 fully saturated rings. The van der Waals surface area contributed by atoms with Crippen molar-refractivity contribution in [3.63, 3.8) is 0 Å². The number of benzene rings is 2. The van der Waals surface area contributed by atoms with E-state index in [0.29, 0.717) is 15.1 Å². The van der Waals surface area contributed by atoms with E-state index in [9.17, 15) is 14.9 Å². The Bertz CT molecular complexity index is 1270. The molecule has 0 aliphatic heterocycles. The Morgan fingerprint density at radius 3 is 2.80 bits per heavy atom. The molecule has 4 aromatic rings. The fourth-order valence-electron chi connectivity index (χ4n) is 2.99. The first-order chi connectivity index (χ1) is 11.9. The van der Waals surface area contributed by atoms with Crippen molar-refractivity contribution in [2.45, 2.75) is 13.8 Å². The molecule has 2 heterocycles. The van der Waals surface area contributed by atoms with E-state index in [-0.39, 0.29) is 11.2 Å². The SMILES string of the molecule is Cc1cc(C)c2nc3s/c(=C\c4cccc([N+](=O)[O-])c4)c(=O)n3c2c1. The number of imidazole rings is 1. The Labute approximate surface area is 145 Å². The van der Waals surface area contributed by atoms with Gasteiger partial charge in [-0.25, -0.2) is 9.38 Å². The quantitative estimate of drug-likeness (QED) is 0.411. The topological polar surface area (TPSA) is 77.5 Å². The standard InChI is InChI=1S/C18H13N3O3S/c1-10-6-11(2)16-14(7-10)20-17(22)15(25-18(20)19-16)9-12-4-3-5-13(8-12)21(23)24/h3-9H,1-2H3/b15-9-.